The topological polar surface area (TPSA) is 79.5 Å². The van der Waals surface area contributed by atoms with Crippen LogP contribution in [-0.4, -0.2) is 38.7 Å². The number of benzene rings is 1. The Morgan fingerprint density at radius 1 is 1.36 bits per heavy atom. The highest BCUT2D eigenvalue weighted by atomic mass is 35.5. The quantitative estimate of drug-likeness (QED) is 0.453. The third kappa shape index (κ3) is 3.75. The van der Waals surface area contributed by atoms with E-state index < -0.39 is 22.5 Å². The molecule has 0 radical (unpaired) electrons. The van der Waals surface area contributed by atoms with E-state index in [2.05, 4.69) is 15.6 Å². The molecule has 0 aliphatic carbocycles. The number of anilines is 1. The number of nitrogens with zero attached hydrogens (tertiary/aromatic N) is 3. The summed E-state index contributed by atoms with van der Waals surface area (Å²) >= 11 is 12.0. The Labute approximate surface area is 152 Å². The predicted molar refractivity (Wildman–Crippen MR) is 89.8 cm³/mol. The van der Waals surface area contributed by atoms with Crippen molar-refractivity contribution in [1.29, 1.82) is 0 Å². The van der Waals surface area contributed by atoms with Gasteiger partial charge in [-0.05, 0) is 12.1 Å². The van der Waals surface area contributed by atoms with E-state index >= 15 is 0 Å². The molecule has 0 aliphatic heterocycles. The van der Waals surface area contributed by atoms with Crippen LogP contribution in [0.25, 0.3) is 5.69 Å². The second kappa shape index (κ2) is 7.22. The third-order valence-corrected chi connectivity index (χ3v) is 4.68. The molecule has 6 nitrogen and oxygen atoms in total. The molecule has 2 rings (SSSR count). The van der Waals surface area contributed by atoms with Crippen molar-refractivity contribution in [2.75, 3.05) is 18.6 Å². The van der Waals surface area contributed by atoms with Gasteiger partial charge in [0, 0.05) is 13.3 Å². The van der Waals surface area contributed by atoms with Gasteiger partial charge in [0.2, 0.25) is 0 Å². The molecule has 12 heteroatoms. The average molecular weight is 415 g/mol. The summed E-state index contributed by atoms with van der Waals surface area (Å²) < 4.78 is 51.7. The second-order valence-electron chi connectivity index (χ2n) is 4.71. The van der Waals surface area contributed by atoms with Crippen LogP contribution in [0.15, 0.2) is 22.2 Å². The molecule has 1 aromatic heterocycles. The Morgan fingerprint density at radius 3 is 2.32 bits per heavy atom. The van der Waals surface area contributed by atoms with Crippen LogP contribution in [0.5, 0.6) is 0 Å². The normalized spacial score (nSPS) is 13.4. The van der Waals surface area contributed by atoms with E-state index in [-0.39, 0.29) is 32.1 Å². The highest BCUT2D eigenvalue weighted by molar-refractivity contribution is 7.84. The van der Waals surface area contributed by atoms with Gasteiger partial charge in [-0.1, -0.05) is 28.4 Å². The minimum atomic E-state index is -4.62. The van der Waals surface area contributed by atoms with E-state index in [1.165, 1.54) is 13.3 Å². The molecule has 0 bridgehead atoms. The van der Waals surface area contributed by atoms with E-state index in [1.54, 1.807) is 0 Å². The molecule has 2 aromatic rings. The number of rotatable bonds is 4. The fourth-order valence-corrected chi connectivity index (χ4v) is 3.65. The number of hydrogen-bond donors (Lipinski definition) is 2. The smallest absolute Gasteiger partial charge is 0.411 e. The molecule has 0 aliphatic rings. The largest absolute Gasteiger partial charge is 0.416 e. The molecule has 0 spiro atoms. The lowest BCUT2D eigenvalue weighted by atomic mass is 10.2. The Kier molecular flexibility index (Phi) is 5.65. The fraction of sp³-hybridized carbons (Fsp3) is 0.231. The van der Waals surface area contributed by atoms with Crippen LogP contribution >= 0.6 is 23.2 Å². The van der Waals surface area contributed by atoms with Crippen molar-refractivity contribution < 1.29 is 22.6 Å². The van der Waals surface area contributed by atoms with Crippen LogP contribution in [0.2, 0.25) is 10.0 Å². The molecule has 0 saturated heterocycles. The van der Waals surface area contributed by atoms with Crippen LogP contribution in [-0.2, 0) is 17.0 Å². The van der Waals surface area contributed by atoms with Gasteiger partial charge in [0.25, 0.3) is 0 Å². The summed E-state index contributed by atoms with van der Waals surface area (Å²) in [7, 11) is -0.0568. The summed E-state index contributed by atoms with van der Waals surface area (Å²) in [4.78, 5) is 0.173. The molecule has 1 unspecified atom stereocenters. The van der Waals surface area contributed by atoms with Crippen molar-refractivity contribution in [3.63, 3.8) is 0 Å². The number of nitrogens with one attached hydrogen (secondary N) is 1. The molecule has 0 amide bonds. The summed E-state index contributed by atoms with van der Waals surface area (Å²) in [6.07, 6.45) is -2.31. The summed E-state index contributed by atoms with van der Waals surface area (Å²) in [5, 5.41) is 17.8. The minimum absolute atomic E-state index is 0.0371. The van der Waals surface area contributed by atoms with Gasteiger partial charge in [0.05, 0.1) is 32.6 Å². The molecule has 0 saturated carbocycles. The second-order valence-corrected chi connectivity index (χ2v) is 6.84. The Morgan fingerprint density at radius 2 is 1.92 bits per heavy atom. The van der Waals surface area contributed by atoms with Crippen LogP contribution < -0.4 is 5.32 Å². The summed E-state index contributed by atoms with van der Waals surface area (Å²) in [5.74, 6) is 0.180. The lowest BCUT2D eigenvalue weighted by Gasteiger charge is -2.14. The predicted octanol–water partition coefficient (Wildman–Crippen LogP) is 3.79. The maximum Gasteiger partial charge on any atom is 0.416 e. The third-order valence-electron chi connectivity index (χ3n) is 3.13. The number of hydrogen-bond acceptors (Lipinski definition) is 5. The molecule has 136 valence electrons. The maximum absolute atomic E-state index is 12.9. The van der Waals surface area contributed by atoms with Crippen LogP contribution in [0.3, 0.4) is 0 Å². The van der Waals surface area contributed by atoms with Crippen LogP contribution in [0.4, 0.5) is 19.0 Å². The van der Waals surface area contributed by atoms with Gasteiger partial charge in [-0.15, -0.1) is 0 Å². The van der Waals surface area contributed by atoms with Crippen molar-refractivity contribution in [2.45, 2.75) is 11.1 Å². The zero-order valence-electron chi connectivity index (χ0n) is 12.7. The molecular weight excluding hydrogens is 404 g/mol. The molecular formula is C13H11Cl2F3N4O2S. The van der Waals surface area contributed by atoms with Crippen molar-refractivity contribution in [3.05, 3.63) is 33.4 Å². The summed E-state index contributed by atoms with van der Waals surface area (Å²) in [6.45, 7) is 0. The molecule has 2 N–H and O–H groups in total. The Hall–Kier alpha value is -1.78. The first-order chi connectivity index (χ1) is 11.6. The number of aromatic nitrogens is 2. The lowest BCUT2D eigenvalue weighted by Crippen LogP contribution is -2.09. The molecule has 25 heavy (non-hydrogen) atoms. The van der Waals surface area contributed by atoms with Gasteiger partial charge < -0.3 is 10.5 Å². The van der Waals surface area contributed by atoms with E-state index in [4.69, 9.17) is 28.4 Å². The Balaban J connectivity index is 2.79. The minimum Gasteiger partial charge on any atom is -0.411 e. The van der Waals surface area contributed by atoms with Gasteiger partial charge >= 0.3 is 6.18 Å². The van der Waals surface area contributed by atoms with Gasteiger partial charge in [-0.2, -0.15) is 18.3 Å². The first kappa shape index (κ1) is 19.5. The van der Waals surface area contributed by atoms with Crippen molar-refractivity contribution >= 4 is 46.0 Å². The molecule has 1 aromatic carbocycles. The first-order valence-electron chi connectivity index (χ1n) is 6.50. The van der Waals surface area contributed by atoms with E-state index in [0.717, 1.165) is 10.9 Å². The Bertz CT molecular complexity index is 845. The van der Waals surface area contributed by atoms with Crippen LogP contribution in [0.1, 0.15) is 11.3 Å². The van der Waals surface area contributed by atoms with Gasteiger partial charge in [0.1, 0.15) is 22.1 Å². The van der Waals surface area contributed by atoms with Crippen molar-refractivity contribution in [2.24, 2.45) is 5.16 Å². The van der Waals surface area contributed by atoms with Crippen molar-refractivity contribution in [3.8, 4) is 5.69 Å². The van der Waals surface area contributed by atoms with Gasteiger partial charge in [-0.25, -0.2) is 4.68 Å². The first-order valence-corrected chi connectivity index (χ1v) is 8.81. The average Bonchev–Trinajstić information content (AvgIpc) is 2.84. The lowest BCUT2D eigenvalue weighted by molar-refractivity contribution is -0.137. The van der Waals surface area contributed by atoms with Crippen LogP contribution in [0, 0.1) is 0 Å². The maximum atomic E-state index is 12.9. The number of oxime groups is 1. The summed E-state index contributed by atoms with van der Waals surface area (Å²) in [6, 6.07) is 1.43. The summed E-state index contributed by atoms with van der Waals surface area (Å²) in [5.41, 5.74) is -1.01. The fourth-order valence-electron chi connectivity index (χ4n) is 2.16. The number of halogens is 5. The number of alkyl halides is 3. The van der Waals surface area contributed by atoms with E-state index in [1.807, 2.05) is 0 Å². The molecule has 1 atom stereocenters. The SMILES string of the molecule is CNc1c(S(C)=O)c(/C=N/O)nn1-c1c(Cl)cc(C(F)(F)F)cc1Cl. The monoisotopic (exact) mass is 414 g/mol. The van der Waals surface area contributed by atoms with Crippen molar-refractivity contribution in [1.82, 2.24) is 9.78 Å². The highest BCUT2D eigenvalue weighted by Gasteiger charge is 2.33. The van der Waals surface area contributed by atoms with Gasteiger partial charge in [0.15, 0.2) is 0 Å². The van der Waals surface area contributed by atoms with E-state index in [9.17, 15) is 17.4 Å². The van der Waals surface area contributed by atoms with Gasteiger partial charge in [-0.3, -0.25) is 4.21 Å². The molecule has 1 heterocycles. The highest BCUT2D eigenvalue weighted by Crippen LogP contribution is 2.39. The molecule has 0 fully saturated rings. The zero-order valence-corrected chi connectivity index (χ0v) is 15.1. The zero-order chi connectivity index (χ0) is 18.9. The van der Waals surface area contributed by atoms with E-state index in [0.29, 0.717) is 12.1 Å². The standard InChI is InChI=1S/C13H11Cl2F3N4O2S/c1-19-12-11(25(2)24)9(5-20-23)21-22(12)10-7(14)3-6(4-8(10)15)13(16,17)18/h3-5,19,23H,1-2H3/b20-5+.